The lowest BCUT2D eigenvalue weighted by Gasteiger charge is -2.31. The van der Waals surface area contributed by atoms with Crippen LogP contribution in [0.4, 0.5) is 5.69 Å². The number of piperidine rings is 1. The van der Waals surface area contributed by atoms with Crippen LogP contribution in [0.2, 0.25) is 0 Å². The number of sulfonamides is 1. The molecule has 0 unspecified atom stereocenters. The van der Waals surface area contributed by atoms with E-state index in [1.807, 2.05) is 6.07 Å². The summed E-state index contributed by atoms with van der Waals surface area (Å²) in [4.78, 5) is 17.6. The van der Waals surface area contributed by atoms with E-state index in [2.05, 4.69) is 10.1 Å². The molecule has 138 valence electrons. The summed E-state index contributed by atoms with van der Waals surface area (Å²) in [6.07, 6.45) is 5.33. The second-order valence-electron chi connectivity index (χ2n) is 6.72. The highest BCUT2D eigenvalue weighted by atomic mass is 32.2. The average molecular weight is 375 g/mol. The van der Waals surface area contributed by atoms with Gasteiger partial charge in [0.1, 0.15) is 12.7 Å². The number of nitrogens with zero attached hydrogens (tertiary/aromatic N) is 5. The van der Waals surface area contributed by atoms with Crippen LogP contribution in [-0.4, -0.2) is 53.0 Å². The van der Waals surface area contributed by atoms with E-state index in [4.69, 9.17) is 0 Å². The molecule has 1 saturated heterocycles. The Morgan fingerprint density at radius 1 is 1.19 bits per heavy atom. The maximum Gasteiger partial charge on any atom is 0.243 e. The molecule has 0 aliphatic carbocycles. The van der Waals surface area contributed by atoms with Crippen LogP contribution in [0.1, 0.15) is 31.4 Å². The van der Waals surface area contributed by atoms with Gasteiger partial charge in [-0.15, -0.1) is 0 Å². The predicted octanol–water partition coefficient (Wildman–Crippen LogP) is 1.21. The number of rotatable bonds is 3. The van der Waals surface area contributed by atoms with E-state index < -0.39 is 10.0 Å². The Morgan fingerprint density at radius 3 is 2.62 bits per heavy atom. The second kappa shape index (κ2) is 6.48. The van der Waals surface area contributed by atoms with Crippen molar-refractivity contribution in [2.75, 3.05) is 24.5 Å². The summed E-state index contributed by atoms with van der Waals surface area (Å²) >= 11 is 0. The van der Waals surface area contributed by atoms with Crippen molar-refractivity contribution in [3.8, 4) is 0 Å². The van der Waals surface area contributed by atoms with Crippen LogP contribution < -0.4 is 4.90 Å². The number of amides is 1. The number of hydrogen-bond donors (Lipinski definition) is 0. The Hall–Kier alpha value is -2.26. The third-order valence-electron chi connectivity index (χ3n) is 5.20. The molecule has 2 aromatic rings. The SMILES string of the molecule is CC(=O)N1CCc2ccc(S(=O)(=O)N3CCC(n4cncn4)CC3)cc21. The van der Waals surface area contributed by atoms with Crippen molar-refractivity contribution in [1.82, 2.24) is 19.1 Å². The number of fused-ring (bicyclic) bond motifs is 1. The van der Waals surface area contributed by atoms with Crippen molar-refractivity contribution in [3.63, 3.8) is 0 Å². The van der Waals surface area contributed by atoms with Crippen LogP contribution in [-0.2, 0) is 21.2 Å². The molecule has 1 aromatic heterocycles. The lowest BCUT2D eigenvalue weighted by Crippen LogP contribution is -2.39. The van der Waals surface area contributed by atoms with Crippen molar-refractivity contribution in [3.05, 3.63) is 36.4 Å². The van der Waals surface area contributed by atoms with Crippen LogP contribution in [0.3, 0.4) is 0 Å². The Labute approximate surface area is 152 Å². The Kier molecular flexibility index (Phi) is 4.28. The maximum absolute atomic E-state index is 13.0. The van der Waals surface area contributed by atoms with Crippen LogP contribution in [0.5, 0.6) is 0 Å². The van der Waals surface area contributed by atoms with E-state index in [1.54, 1.807) is 28.0 Å². The van der Waals surface area contributed by atoms with E-state index in [0.29, 0.717) is 32.5 Å². The van der Waals surface area contributed by atoms with E-state index >= 15 is 0 Å². The number of anilines is 1. The summed E-state index contributed by atoms with van der Waals surface area (Å²) in [6.45, 7) is 3.00. The molecule has 0 atom stereocenters. The van der Waals surface area contributed by atoms with Crippen LogP contribution in [0.25, 0.3) is 0 Å². The van der Waals surface area contributed by atoms with Gasteiger partial charge in [0.25, 0.3) is 0 Å². The minimum Gasteiger partial charge on any atom is -0.312 e. The first-order valence-electron chi connectivity index (χ1n) is 8.72. The summed E-state index contributed by atoms with van der Waals surface area (Å²) in [6, 6.07) is 5.30. The van der Waals surface area contributed by atoms with Gasteiger partial charge >= 0.3 is 0 Å². The lowest BCUT2D eigenvalue weighted by molar-refractivity contribution is -0.116. The smallest absolute Gasteiger partial charge is 0.243 e. The molecule has 2 aliphatic heterocycles. The Morgan fingerprint density at radius 2 is 1.96 bits per heavy atom. The molecule has 1 aromatic carbocycles. The van der Waals surface area contributed by atoms with Gasteiger partial charge in [-0.05, 0) is 37.0 Å². The van der Waals surface area contributed by atoms with Crippen molar-refractivity contribution >= 4 is 21.6 Å². The quantitative estimate of drug-likeness (QED) is 0.805. The first kappa shape index (κ1) is 17.2. The molecule has 3 heterocycles. The molecule has 2 aliphatic rings. The number of benzene rings is 1. The molecular formula is C17H21N5O3S. The molecule has 0 radical (unpaired) electrons. The van der Waals surface area contributed by atoms with Gasteiger partial charge in [0.2, 0.25) is 15.9 Å². The summed E-state index contributed by atoms with van der Waals surface area (Å²) in [5, 5.41) is 4.15. The van der Waals surface area contributed by atoms with E-state index in [-0.39, 0.29) is 16.8 Å². The maximum atomic E-state index is 13.0. The van der Waals surface area contributed by atoms with Crippen molar-refractivity contribution in [1.29, 1.82) is 0 Å². The highest BCUT2D eigenvalue weighted by molar-refractivity contribution is 7.89. The predicted molar refractivity (Wildman–Crippen MR) is 95.2 cm³/mol. The van der Waals surface area contributed by atoms with E-state index in [9.17, 15) is 13.2 Å². The zero-order valence-electron chi connectivity index (χ0n) is 14.6. The fraction of sp³-hybridized carbons (Fsp3) is 0.471. The van der Waals surface area contributed by atoms with Gasteiger partial charge in [0, 0.05) is 32.2 Å². The topological polar surface area (TPSA) is 88.4 Å². The molecule has 26 heavy (non-hydrogen) atoms. The lowest BCUT2D eigenvalue weighted by atomic mass is 10.1. The molecule has 0 N–H and O–H groups in total. The first-order chi connectivity index (χ1) is 12.5. The van der Waals surface area contributed by atoms with Gasteiger partial charge in [-0.3, -0.25) is 4.79 Å². The molecule has 0 bridgehead atoms. The molecule has 0 spiro atoms. The third-order valence-corrected chi connectivity index (χ3v) is 7.10. The largest absolute Gasteiger partial charge is 0.312 e. The number of aromatic nitrogens is 3. The van der Waals surface area contributed by atoms with Crippen molar-refractivity contribution < 1.29 is 13.2 Å². The van der Waals surface area contributed by atoms with Gasteiger partial charge in [-0.1, -0.05) is 6.07 Å². The first-order valence-corrected chi connectivity index (χ1v) is 10.2. The molecule has 9 heteroatoms. The zero-order chi connectivity index (χ0) is 18.3. The van der Waals surface area contributed by atoms with Crippen LogP contribution in [0.15, 0.2) is 35.7 Å². The second-order valence-corrected chi connectivity index (χ2v) is 8.66. The highest BCUT2D eigenvalue weighted by Gasteiger charge is 2.32. The standard InChI is InChI=1S/C17H21N5O3S/c1-13(23)21-9-4-14-2-3-16(10-17(14)21)26(24,25)20-7-5-15(6-8-20)22-12-18-11-19-22/h2-3,10-12,15H,4-9H2,1H3. The molecular weight excluding hydrogens is 354 g/mol. The normalized spacial score (nSPS) is 18.9. The summed E-state index contributed by atoms with van der Waals surface area (Å²) in [5.74, 6) is -0.0630. The Bertz CT molecular complexity index is 918. The van der Waals surface area contributed by atoms with E-state index in [0.717, 1.165) is 17.7 Å². The summed E-state index contributed by atoms with van der Waals surface area (Å²) < 4.78 is 29.4. The van der Waals surface area contributed by atoms with Crippen molar-refractivity contribution in [2.45, 2.75) is 37.1 Å². The molecule has 1 amide bonds. The molecule has 4 rings (SSSR count). The minimum atomic E-state index is -3.57. The van der Waals surface area contributed by atoms with Crippen LogP contribution in [0, 0.1) is 0 Å². The molecule has 1 fully saturated rings. The fourth-order valence-corrected chi connectivity index (χ4v) is 5.24. The monoisotopic (exact) mass is 375 g/mol. The number of carbonyl (C=O) groups excluding carboxylic acids is 1. The number of carbonyl (C=O) groups is 1. The van der Waals surface area contributed by atoms with Gasteiger partial charge in [-0.2, -0.15) is 9.40 Å². The molecule has 0 saturated carbocycles. The summed E-state index contributed by atoms with van der Waals surface area (Å²) in [5.41, 5.74) is 1.74. The minimum absolute atomic E-state index is 0.0630. The van der Waals surface area contributed by atoms with Crippen LogP contribution >= 0.6 is 0 Å². The van der Waals surface area contributed by atoms with Gasteiger partial charge in [0.15, 0.2) is 0 Å². The third kappa shape index (κ3) is 2.90. The molecule has 8 nitrogen and oxygen atoms in total. The number of hydrogen-bond acceptors (Lipinski definition) is 5. The zero-order valence-corrected chi connectivity index (χ0v) is 15.4. The van der Waals surface area contributed by atoms with Gasteiger partial charge in [-0.25, -0.2) is 18.1 Å². The van der Waals surface area contributed by atoms with Crippen molar-refractivity contribution in [2.24, 2.45) is 0 Å². The fourth-order valence-electron chi connectivity index (χ4n) is 3.75. The Balaban J connectivity index is 1.54. The average Bonchev–Trinajstić information content (AvgIpc) is 3.31. The van der Waals surface area contributed by atoms with Gasteiger partial charge < -0.3 is 4.90 Å². The highest BCUT2D eigenvalue weighted by Crippen LogP contribution is 2.33. The summed E-state index contributed by atoms with van der Waals surface area (Å²) in [7, 11) is -3.57. The van der Waals surface area contributed by atoms with E-state index in [1.165, 1.54) is 17.6 Å². The van der Waals surface area contributed by atoms with Gasteiger partial charge in [0.05, 0.1) is 10.9 Å².